The Morgan fingerprint density at radius 3 is 1.22 bits per heavy atom. The molecule has 10 rings (SSSR count). The molecule has 0 atom stereocenters. The molecule has 0 saturated carbocycles. The Bertz CT molecular complexity index is 2780. The van der Waals surface area contributed by atoms with Gasteiger partial charge in [0.05, 0.1) is 0 Å². The first kappa shape index (κ1) is 27.7. The summed E-state index contributed by atoms with van der Waals surface area (Å²) in [5.74, 6) is 0. The van der Waals surface area contributed by atoms with Crippen LogP contribution in [0.15, 0.2) is 186 Å². The summed E-state index contributed by atoms with van der Waals surface area (Å²) in [6.45, 7) is 0. The van der Waals surface area contributed by atoms with Crippen molar-refractivity contribution in [1.82, 2.24) is 0 Å². The molecule has 0 saturated heterocycles. The Labute approximate surface area is 284 Å². The van der Waals surface area contributed by atoms with Gasteiger partial charge < -0.3 is 4.42 Å². The highest BCUT2D eigenvalue weighted by Gasteiger charge is 2.18. The lowest BCUT2D eigenvalue weighted by atomic mass is 9.85. The van der Waals surface area contributed by atoms with E-state index in [0.29, 0.717) is 0 Å². The molecule has 9 aromatic carbocycles. The average molecular weight is 623 g/mol. The topological polar surface area (TPSA) is 13.1 Å². The summed E-state index contributed by atoms with van der Waals surface area (Å²) >= 11 is 0. The van der Waals surface area contributed by atoms with Crippen LogP contribution in [0.5, 0.6) is 0 Å². The van der Waals surface area contributed by atoms with Gasteiger partial charge in [0.15, 0.2) is 0 Å². The van der Waals surface area contributed by atoms with Crippen LogP contribution in [0.3, 0.4) is 0 Å². The fraction of sp³-hybridized carbons (Fsp3) is 0. The number of benzene rings is 9. The fourth-order valence-electron chi connectivity index (χ4n) is 7.68. The second-order valence-corrected chi connectivity index (χ2v) is 12.9. The molecule has 0 bridgehead atoms. The first-order valence-corrected chi connectivity index (χ1v) is 16.8. The second-order valence-electron chi connectivity index (χ2n) is 12.9. The summed E-state index contributed by atoms with van der Waals surface area (Å²) in [7, 11) is 0. The van der Waals surface area contributed by atoms with E-state index in [1.807, 2.05) is 0 Å². The third-order valence-electron chi connectivity index (χ3n) is 10.1. The minimum Gasteiger partial charge on any atom is -0.456 e. The summed E-state index contributed by atoms with van der Waals surface area (Å²) < 4.78 is 6.37. The molecule has 0 aliphatic heterocycles. The monoisotopic (exact) mass is 622 g/mol. The Hall–Kier alpha value is -6.44. The molecular weight excluding hydrogens is 593 g/mol. The largest absolute Gasteiger partial charge is 0.456 e. The van der Waals surface area contributed by atoms with E-state index in [-0.39, 0.29) is 0 Å². The normalized spacial score (nSPS) is 11.7. The van der Waals surface area contributed by atoms with Crippen LogP contribution in [0.25, 0.3) is 98.8 Å². The van der Waals surface area contributed by atoms with Crippen LogP contribution in [-0.2, 0) is 0 Å². The summed E-state index contributed by atoms with van der Waals surface area (Å²) in [5, 5.41) is 9.69. The molecule has 0 amide bonds. The maximum absolute atomic E-state index is 6.37. The van der Waals surface area contributed by atoms with E-state index in [4.69, 9.17) is 4.42 Å². The number of rotatable bonds is 4. The molecule has 0 N–H and O–H groups in total. The van der Waals surface area contributed by atoms with Crippen LogP contribution in [0.2, 0.25) is 0 Å². The zero-order chi connectivity index (χ0) is 32.3. The molecule has 1 heteroatoms. The van der Waals surface area contributed by atoms with Crippen molar-refractivity contribution in [3.05, 3.63) is 182 Å². The molecule has 1 nitrogen and oxygen atoms in total. The van der Waals surface area contributed by atoms with Crippen molar-refractivity contribution >= 4 is 54.3 Å². The van der Waals surface area contributed by atoms with Crippen LogP contribution >= 0.6 is 0 Å². The van der Waals surface area contributed by atoms with Gasteiger partial charge in [0.1, 0.15) is 11.2 Å². The molecule has 0 fully saturated rings. The van der Waals surface area contributed by atoms with Gasteiger partial charge in [-0.1, -0.05) is 158 Å². The molecule has 0 unspecified atom stereocenters. The van der Waals surface area contributed by atoms with Crippen molar-refractivity contribution in [3.63, 3.8) is 0 Å². The molecule has 0 aliphatic rings. The second kappa shape index (κ2) is 11.1. The Morgan fingerprint density at radius 2 is 0.653 bits per heavy atom. The fourth-order valence-corrected chi connectivity index (χ4v) is 7.68. The highest BCUT2D eigenvalue weighted by Crippen LogP contribution is 2.45. The summed E-state index contributed by atoms with van der Waals surface area (Å²) in [5.41, 5.74) is 11.6. The predicted octanol–water partition coefficient (Wildman–Crippen LogP) is 13.7. The Morgan fingerprint density at radius 1 is 0.245 bits per heavy atom. The van der Waals surface area contributed by atoms with Crippen molar-refractivity contribution < 1.29 is 4.42 Å². The Balaban J connectivity index is 1.12. The molecule has 1 heterocycles. The maximum atomic E-state index is 6.37. The van der Waals surface area contributed by atoms with Crippen molar-refractivity contribution in [1.29, 1.82) is 0 Å². The lowest BCUT2D eigenvalue weighted by Crippen LogP contribution is -1.91. The Kier molecular flexibility index (Phi) is 6.25. The molecular formula is C48H30O. The summed E-state index contributed by atoms with van der Waals surface area (Å²) in [6.07, 6.45) is 0. The molecule has 0 aliphatic carbocycles. The van der Waals surface area contributed by atoms with Gasteiger partial charge in [0.2, 0.25) is 0 Å². The van der Waals surface area contributed by atoms with Gasteiger partial charge in [-0.15, -0.1) is 0 Å². The highest BCUT2D eigenvalue weighted by molar-refractivity contribution is 6.22. The van der Waals surface area contributed by atoms with Gasteiger partial charge >= 0.3 is 0 Å². The van der Waals surface area contributed by atoms with E-state index >= 15 is 0 Å². The summed E-state index contributed by atoms with van der Waals surface area (Å²) in [6, 6.07) is 65.8. The van der Waals surface area contributed by atoms with Gasteiger partial charge in [-0.25, -0.2) is 0 Å². The predicted molar refractivity (Wildman–Crippen MR) is 208 cm³/mol. The zero-order valence-electron chi connectivity index (χ0n) is 26.7. The van der Waals surface area contributed by atoms with Crippen molar-refractivity contribution in [3.8, 4) is 44.5 Å². The third kappa shape index (κ3) is 4.55. The van der Waals surface area contributed by atoms with E-state index in [2.05, 4.69) is 182 Å². The van der Waals surface area contributed by atoms with Crippen molar-refractivity contribution in [2.24, 2.45) is 0 Å². The SMILES string of the molecule is c1ccc(-c2ccc(-c3ccc(-c4c5ccccc5c(-c5ccc6oc7cc8ccccc8cc7c6c5)c5ccccc45)cc3)cc2)cc1. The zero-order valence-corrected chi connectivity index (χ0v) is 26.7. The first-order valence-electron chi connectivity index (χ1n) is 16.8. The van der Waals surface area contributed by atoms with Crippen LogP contribution < -0.4 is 0 Å². The molecule has 1 aromatic heterocycles. The minimum absolute atomic E-state index is 0.911. The number of hydrogen-bond acceptors (Lipinski definition) is 1. The summed E-state index contributed by atoms with van der Waals surface area (Å²) in [4.78, 5) is 0. The van der Waals surface area contributed by atoms with Gasteiger partial charge in [0, 0.05) is 10.8 Å². The maximum Gasteiger partial charge on any atom is 0.136 e. The van der Waals surface area contributed by atoms with E-state index in [0.717, 1.165) is 21.9 Å². The average Bonchev–Trinajstić information content (AvgIpc) is 3.53. The van der Waals surface area contributed by atoms with E-state index in [9.17, 15) is 0 Å². The van der Waals surface area contributed by atoms with Crippen LogP contribution in [0.4, 0.5) is 0 Å². The smallest absolute Gasteiger partial charge is 0.136 e. The van der Waals surface area contributed by atoms with Gasteiger partial charge in [-0.2, -0.15) is 0 Å². The molecule has 10 aromatic rings. The number of fused-ring (bicyclic) bond motifs is 6. The van der Waals surface area contributed by atoms with Gasteiger partial charge in [-0.3, -0.25) is 0 Å². The number of furan rings is 1. The van der Waals surface area contributed by atoms with Crippen molar-refractivity contribution in [2.45, 2.75) is 0 Å². The third-order valence-corrected chi connectivity index (χ3v) is 10.1. The molecule has 49 heavy (non-hydrogen) atoms. The number of hydrogen-bond donors (Lipinski definition) is 0. The van der Waals surface area contributed by atoms with E-state index in [1.54, 1.807) is 0 Å². The van der Waals surface area contributed by atoms with Crippen LogP contribution in [0, 0.1) is 0 Å². The lowest BCUT2D eigenvalue weighted by Gasteiger charge is -2.18. The standard InChI is InChI=1S/C48H30O/c1-2-10-31(11-3-1)32-18-20-33(21-19-32)34-22-24-35(25-23-34)47-39-14-6-8-16-41(39)48(42-17-9-7-15-40(42)47)38-26-27-45-43(29-38)44-28-36-12-4-5-13-37(36)30-46(44)49-45/h1-30H. The first-order chi connectivity index (χ1) is 24.3. The quantitative estimate of drug-likeness (QED) is 0.178. The van der Waals surface area contributed by atoms with E-state index < -0.39 is 0 Å². The van der Waals surface area contributed by atoms with Crippen LogP contribution in [-0.4, -0.2) is 0 Å². The molecule has 0 radical (unpaired) electrons. The van der Waals surface area contributed by atoms with Gasteiger partial charge in [0.25, 0.3) is 0 Å². The molecule has 228 valence electrons. The van der Waals surface area contributed by atoms with Crippen LogP contribution in [0.1, 0.15) is 0 Å². The van der Waals surface area contributed by atoms with E-state index in [1.165, 1.54) is 76.8 Å². The highest BCUT2D eigenvalue weighted by atomic mass is 16.3. The van der Waals surface area contributed by atoms with Gasteiger partial charge in [-0.05, 0) is 101 Å². The minimum atomic E-state index is 0.911. The molecule has 0 spiro atoms. The lowest BCUT2D eigenvalue weighted by molar-refractivity contribution is 0.669. The van der Waals surface area contributed by atoms with Crippen molar-refractivity contribution in [2.75, 3.05) is 0 Å².